The normalized spacial score (nSPS) is 10.1. The van der Waals surface area contributed by atoms with Crippen LogP contribution < -0.4 is 10.6 Å². The lowest BCUT2D eigenvalue weighted by molar-refractivity contribution is -0.140. The number of hydrogen-bond acceptors (Lipinski definition) is 9. The number of hydrogen-bond donors (Lipinski definition) is 2. The SMILES string of the molecule is CC.COC(=O)CCCCCCCNC(=O)c1ccc(NC(=O)CN(C=O)CCn2ccnn2)c(Cl)n1.COC(C)(C)C.S. The average Bonchev–Trinajstić information content (AvgIpc) is 3.52. The smallest absolute Gasteiger partial charge is 0.305 e. The van der Waals surface area contributed by atoms with Crippen LogP contribution in [0, 0.1) is 0 Å². The zero-order chi connectivity index (χ0) is 32.7. The van der Waals surface area contributed by atoms with E-state index in [0.29, 0.717) is 25.9 Å². The second kappa shape index (κ2) is 25.1. The molecular formula is C29H50ClN7O6S. The number of nitrogens with one attached hydrogen (secondary N) is 2. The number of pyridine rings is 1. The van der Waals surface area contributed by atoms with Crippen LogP contribution in [0.3, 0.4) is 0 Å². The van der Waals surface area contributed by atoms with E-state index in [2.05, 4.69) is 30.7 Å². The van der Waals surface area contributed by atoms with Crippen molar-refractivity contribution in [3.8, 4) is 0 Å². The molecule has 2 aromatic heterocycles. The highest BCUT2D eigenvalue weighted by atomic mass is 35.5. The van der Waals surface area contributed by atoms with Gasteiger partial charge < -0.3 is 25.0 Å². The molecule has 2 aromatic rings. The summed E-state index contributed by atoms with van der Waals surface area (Å²) in [6.07, 6.45) is 8.60. The summed E-state index contributed by atoms with van der Waals surface area (Å²) in [6, 6.07) is 2.95. The molecule has 250 valence electrons. The Hall–Kier alpha value is -3.23. The summed E-state index contributed by atoms with van der Waals surface area (Å²) in [4.78, 5) is 52.2. The lowest BCUT2D eigenvalue weighted by Crippen LogP contribution is -2.34. The first-order valence-corrected chi connectivity index (χ1v) is 14.8. The molecule has 0 bridgehead atoms. The fourth-order valence-electron chi connectivity index (χ4n) is 3.10. The van der Waals surface area contributed by atoms with E-state index in [9.17, 15) is 19.2 Å². The highest BCUT2D eigenvalue weighted by molar-refractivity contribution is 7.59. The van der Waals surface area contributed by atoms with Gasteiger partial charge in [-0.3, -0.25) is 23.9 Å². The van der Waals surface area contributed by atoms with Gasteiger partial charge in [-0.1, -0.05) is 49.9 Å². The van der Waals surface area contributed by atoms with Crippen molar-refractivity contribution in [3.63, 3.8) is 0 Å². The molecule has 0 fully saturated rings. The Labute approximate surface area is 273 Å². The minimum atomic E-state index is -0.455. The minimum absolute atomic E-state index is 0. The summed E-state index contributed by atoms with van der Waals surface area (Å²) in [6.45, 7) is 11.0. The monoisotopic (exact) mass is 659 g/mol. The fourth-order valence-corrected chi connectivity index (χ4v) is 3.30. The van der Waals surface area contributed by atoms with Crippen molar-refractivity contribution in [1.29, 1.82) is 0 Å². The van der Waals surface area contributed by atoms with E-state index in [1.807, 2.05) is 34.6 Å². The van der Waals surface area contributed by atoms with E-state index in [1.54, 1.807) is 18.0 Å². The highest BCUT2D eigenvalue weighted by Gasteiger charge is 2.14. The molecule has 15 heteroatoms. The number of nitrogens with zero attached hydrogens (tertiary/aromatic N) is 5. The molecule has 0 aliphatic heterocycles. The maximum Gasteiger partial charge on any atom is 0.305 e. The molecule has 2 N–H and O–H groups in total. The number of rotatable bonds is 16. The van der Waals surface area contributed by atoms with Crippen molar-refractivity contribution < 1.29 is 28.7 Å². The van der Waals surface area contributed by atoms with E-state index in [-0.39, 0.29) is 60.6 Å². The Balaban J connectivity index is 0. The number of ether oxygens (including phenoxy) is 2. The zero-order valence-corrected chi connectivity index (χ0v) is 28.8. The van der Waals surface area contributed by atoms with Gasteiger partial charge >= 0.3 is 5.97 Å². The Morgan fingerprint density at radius 2 is 1.70 bits per heavy atom. The summed E-state index contributed by atoms with van der Waals surface area (Å²) in [5, 5.41) is 12.8. The lowest BCUT2D eigenvalue weighted by atomic mass is 10.1. The van der Waals surface area contributed by atoms with Gasteiger partial charge in [-0.15, -0.1) is 5.10 Å². The topological polar surface area (TPSA) is 158 Å². The fraction of sp³-hybridized carbons (Fsp3) is 0.621. The largest absolute Gasteiger partial charge is 0.469 e. The number of anilines is 1. The van der Waals surface area contributed by atoms with E-state index in [1.165, 1.54) is 30.3 Å². The number of esters is 1. The maximum atomic E-state index is 12.3. The van der Waals surface area contributed by atoms with Crippen molar-refractivity contribution >= 4 is 55.0 Å². The zero-order valence-electron chi connectivity index (χ0n) is 27.0. The van der Waals surface area contributed by atoms with Crippen LogP contribution in [0.4, 0.5) is 5.69 Å². The van der Waals surface area contributed by atoms with Crippen LogP contribution in [0.25, 0.3) is 0 Å². The second-order valence-electron chi connectivity index (χ2n) is 9.99. The van der Waals surface area contributed by atoms with Crippen molar-refractivity contribution in [2.45, 2.75) is 85.3 Å². The summed E-state index contributed by atoms with van der Waals surface area (Å²) in [5.74, 6) is -1.02. The van der Waals surface area contributed by atoms with Gasteiger partial charge in [-0.25, -0.2) is 4.98 Å². The van der Waals surface area contributed by atoms with Crippen molar-refractivity contribution in [3.05, 3.63) is 35.4 Å². The standard InChI is InChI=1S/C22H30ClN7O5.C5H12O.C2H6.H2S/c1-35-20(33)7-5-3-2-4-6-10-24-22(34)18-9-8-17(21(23)27-18)26-19(32)15-29(16-31)13-14-30-12-11-25-28-30;1-5(2,3)6-4;1-2;/h8-9,11-12,16H,2-7,10,13-15H2,1H3,(H,24,34)(H,26,32);1-4H3;1-2H3;1H2. The van der Waals surface area contributed by atoms with Gasteiger partial charge in [0.05, 0.1) is 37.7 Å². The van der Waals surface area contributed by atoms with Crippen molar-refractivity contribution in [1.82, 2.24) is 30.2 Å². The number of carbonyl (C=O) groups excluding carboxylic acids is 4. The molecule has 0 aromatic carbocycles. The van der Waals surface area contributed by atoms with Crippen LogP contribution in [-0.4, -0.2) is 88.5 Å². The van der Waals surface area contributed by atoms with Crippen LogP contribution in [-0.2, 0) is 30.4 Å². The molecule has 2 heterocycles. The number of carbonyl (C=O) groups is 4. The minimum Gasteiger partial charge on any atom is -0.469 e. The van der Waals surface area contributed by atoms with Gasteiger partial charge in [-0.2, -0.15) is 13.5 Å². The summed E-state index contributed by atoms with van der Waals surface area (Å²) in [7, 11) is 3.09. The Bertz CT molecular complexity index is 1080. The van der Waals surface area contributed by atoms with E-state index < -0.39 is 5.91 Å². The van der Waals surface area contributed by atoms with Gasteiger partial charge in [0, 0.05) is 32.8 Å². The number of aromatic nitrogens is 4. The van der Waals surface area contributed by atoms with E-state index in [0.717, 1.165) is 32.1 Å². The van der Waals surface area contributed by atoms with E-state index in [4.69, 9.17) is 16.3 Å². The van der Waals surface area contributed by atoms with E-state index >= 15 is 0 Å². The number of methoxy groups -OCH3 is 2. The molecule has 0 saturated heterocycles. The highest BCUT2D eigenvalue weighted by Crippen LogP contribution is 2.19. The predicted octanol–water partition coefficient (Wildman–Crippen LogP) is 4.24. The van der Waals surface area contributed by atoms with Gasteiger partial charge in [0.15, 0.2) is 5.15 Å². The number of halogens is 1. The van der Waals surface area contributed by atoms with Crippen molar-refractivity contribution in [2.75, 3.05) is 39.2 Å². The molecule has 0 saturated carbocycles. The van der Waals surface area contributed by atoms with Crippen LogP contribution >= 0.6 is 25.1 Å². The number of unbranched alkanes of at least 4 members (excludes halogenated alkanes) is 4. The maximum absolute atomic E-state index is 12.3. The second-order valence-corrected chi connectivity index (χ2v) is 10.3. The third-order valence-electron chi connectivity index (χ3n) is 5.62. The molecule has 0 atom stereocenters. The molecule has 0 spiro atoms. The molecule has 0 aliphatic rings. The van der Waals surface area contributed by atoms with Crippen LogP contribution in [0.2, 0.25) is 5.15 Å². The average molecular weight is 660 g/mol. The van der Waals surface area contributed by atoms with Gasteiger partial charge in [0.2, 0.25) is 12.3 Å². The Kier molecular flexibility index (Phi) is 24.5. The third kappa shape index (κ3) is 20.6. The predicted molar refractivity (Wildman–Crippen MR) is 176 cm³/mol. The Morgan fingerprint density at radius 3 is 2.25 bits per heavy atom. The summed E-state index contributed by atoms with van der Waals surface area (Å²) < 4.78 is 11.1. The molecule has 13 nitrogen and oxygen atoms in total. The molecular weight excluding hydrogens is 610 g/mol. The Morgan fingerprint density at radius 1 is 1.07 bits per heavy atom. The van der Waals surface area contributed by atoms with Gasteiger partial charge in [-0.05, 0) is 45.7 Å². The molecule has 0 aliphatic carbocycles. The first-order chi connectivity index (χ1) is 20.5. The van der Waals surface area contributed by atoms with Crippen LogP contribution in [0.5, 0.6) is 0 Å². The quantitative estimate of drug-likeness (QED) is 0.116. The summed E-state index contributed by atoms with van der Waals surface area (Å²) in [5.41, 5.74) is 0.413. The van der Waals surface area contributed by atoms with Gasteiger partial charge in [0.25, 0.3) is 5.91 Å². The molecule has 2 rings (SSSR count). The molecule has 44 heavy (non-hydrogen) atoms. The number of amides is 3. The van der Waals surface area contributed by atoms with Crippen LogP contribution in [0.15, 0.2) is 24.5 Å². The van der Waals surface area contributed by atoms with Crippen molar-refractivity contribution in [2.24, 2.45) is 0 Å². The third-order valence-corrected chi connectivity index (χ3v) is 5.91. The molecule has 0 radical (unpaired) electrons. The summed E-state index contributed by atoms with van der Waals surface area (Å²) >= 11 is 6.14. The lowest BCUT2D eigenvalue weighted by Gasteiger charge is -2.17. The molecule has 0 unspecified atom stereocenters. The first kappa shape index (κ1) is 42.9. The first-order valence-electron chi connectivity index (χ1n) is 14.4. The molecule has 3 amide bonds. The van der Waals surface area contributed by atoms with Gasteiger partial charge in [0.1, 0.15) is 5.69 Å². The van der Waals surface area contributed by atoms with Crippen LogP contribution in [0.1, 0.15) is 83.6 Å².